The largest absolute Gasteiger partial charge is 0.456 e. The molecule has 0 saturated heterocycles. The molecular weight excluding hydrogens is 593 g/mol. The predicted molar refractivity (Wildman–Crippen MR) is 198 cm³/mol. The summed E-state index contributed by atoms with van der Waals surface area (Å²) >= 11 is 1.84. The highest BCUT2D eigenvalue weighted by Gasteiger charge is 2.20. The first-order valence-electron chi connectivity index (χ1n) is 15.8. The summed E-state index contributed by atoms with van der Waals surface area (Å²) in [6, 6.07) is 55.9. The van der Waals surface area contributed by atoms with Gasteiger partial charge in [0.2, 0.25) is 0 Å². The zero-order chi connectivity index (χ0) is 30.9. The Balaban J connectivity index is 1.16. The Hall–Kier alpha value is -5.97. The van der Waals surface area contributed by atoms with E-state index in [1.807, 2.05) is 23.5 Å². The second kappa shape index (κ2) is 10.3. The van der Waals surface area contributed by atoms with Crippen LogP contribution in [-0.2, 0) is 0 Å². The number of fused-ring (bicyclic) bond motifs is 7. The number of thiophene rings is 1. The molecule has 0 N–H and O–H groups in total. The highest BCUT2D eigenvalue weighted by atomic mass is 32.1. The van der Waals surface area contributed by atoms with Crippen LogP contribution in [0.25, 0.3) is 92.5 Å². The zero-order valence-corrected chi connectivity index (χ0v) is 26.0. The molecule has 0 aliphatic heterocycles. The standard InChI is InChI=1S/C43H26N2OS/c1-2-11-27(12-3-1)30-13-4-7-18-37(30)45-38-19-8-6-17-36(38)44-43(45)35-16-10-15-34-33-24-22-29(26-41(33)47-42(34)35)28-21-23-32-31-14-5-9-20-39(31)46-40(32)25-28/h1-26H. The quantitative estimate of drug-likeness (QED) is 0.196. The number of aromatic nitrogens is 2. The average Bonchev–Trinajstić information content (AvgIpc) is 3.82. The minimum Gasteiger partial charge on any atom is -0.456 e. The summed E-state index contributed by atoms with van der Waals surface area (Å²) in [4.78, 5) is 5.29. The zero-order valence-electron chi connectivity index (χ0n) is 25.2. The van der Waals surface area contributed by atoms with Gasteiger partial charge >= 0.3 is 0 Å². The molecule has 10 aromatic rings. The number of imidazole rings is 1. The molecule has 3 nitrogen and oxygen atoms in total. The molecule has 4 heteroatoms. The van der Waals surface area contributed by atoms with Crippen LogP contribution in [-0.4, -0.2) is 9.55 Å². The molecule has 0 aliphatic carbocycles. The van der Waals surface area contributed by atoms with Gasteiger partial charge in [-0.2, -0.15) is 0 Å². The number of nitrogens with zero attached hydrogens (tertiary/aromatic N) is 2. The van der Waals surface area contributed by atoms with Gasteiger partial charge in [-0.15, -0.1) is 11.3 Å². The van der Waals surface area contributed by atoms with Crippen molar-refractivity contribution in [2.24, 2.45) is 0 Å². The summed E-state index contributed by atoms with van der Waals surface area (Å²) in [5.41, 5.74) is 10.8. The topological polar surface area (TPSA) is 31.0 Å². The molecule has 47 heavy (non-hydrogen) atoms. The minimum absolute atomic E-state index is 0.914. The monoisotopic (exact) mass is 618 g/mol. The summed E-state index contributed by atoms with van der Waals surface area (Å²) in [6.07, 6.45) is 0. The van der Waals surface area contributed by atoms with Gasteiger partial charge in [0.15, 0.2) is 0 Å². The van der Waals surface area contributed by atoms with Crippen LogP contribution in [0.5, 0.6) is 0 Å². The van der Waals surface area contributed by atoms with Crippen molar-refractivity contribution in [2.75, 3.05) is 0 Å². The van der Waals surface area contributed by atoms with E-state index >= 15 is 0 Å². The molecule has 3 aromatic heterocycles. The Labute approximate surface area is 274 Å². The maximum atomic E-state index is 6.22. The smallest absolute Gasteiger partial charge is 0.147 e. The molecule has 220 valence electrons. The molecule has 0 saturated carbocycles. The average molecular weight is 619 g/mol. The molecule has 0 aliphatic rings. The van der Waals surface area contributed by atoms with Crippen LogP contribution in [0.15, 0.2) is 162 Å². The van der Waals surface area contributed by atoms with Crippen LogP contribution in [0.3, 0.4) is 0 Å². The van der Waals surface area contributed by atoms with Gasteiger partial charge in [-0.1, -0.05) is 109 Å². The molecule has 0 fully saturated rings. The van der Waals surface area contributed by atoms with E-state index in [9.17, 15) is 0 Å². The Kier molecular flexibility index (Phi) is 5.74. The van der Waals surface area contributed by atoms with Crippen molar-refractivity contribution in [3.63, 3.8) is 0 Å². The minimum atomic E-state index is 0.914. The summed E-state index contributed by atoms with van der Waals surface area (Å²) in [7, 11) is 0. The summed E-state index contributed by atoms with van der Waals surface area (Å²) in [6.45, 7) is 0. The second-order valence-electron chi connectivity index (χ2n) is 11.9. The highest BCUT2D eigenvalue weighted by Crippen LogP contribution is 2.43. The Morgan fingerprint density at radius 1 is 0.489 bits per heavy atom. The summed E-state index contributed by atoms with van der Waals surface area (Å²) in [5, 5.41) is 4.80. The Morgan fingerprint density at radius 2 is 1.19 bits per heavy atom. The van der Waals surface area contributed by atoms with Gasteiger partial charge in [0.1, 0.15) is 17.0 Å². The normalized spacial score (nSPS) is 11.8. The fraction of sp³-hybridized carbons (Fsp3) is 0. The van der Waals surface area contributed by atoms with Crippen LogP contribution >= 0.6 is 11.3 Å². The lowest BCUT2D eigenvalue weighted by Crippen LogP contribution is -2.00. The van der Waals surface area contributed by atoms with E-state index in [0.29, 0.717) is 0 Å². The first-order chi connectivity index (χ1) is 23.3. The molecule has 3 heterocycles. The second-order valence-corrected chi connectivity index (χ2v) is 13.0. The third-order valence-electron chi connectivity index (χ3n) is 9.24. The lowest BCUT2D eigenvalue weighted by atomic mass is 10.0. The lowest BCUT2D eigenvalue weighted by molar-refractivity contribution is 0.669. The number of hydrogen-bond acceptors (Lipinski definition) is 3. The maximum absolute atomic E-state index is 6.22. The van der Waals surface area contributed by atoms with Gasteiger partial charge in [-0.25, -0.2) is 4.98 Å². The van der Waals surface area contributed by atoms with Gasteiger partial charge in [0.25, 0.3) is 0 Å². The van der Waals surface area contributed by atoms with Gasteiger partial charge < -0.3 is 4.42 Å². The Bertz CT molecular complexity index is 2800. The summed E-state index contributed by atoms with van der Waals surface area (Å²) < 4.78 is 11.0. The molecule has 10 rings (SSSR count). The third kappa shape index (κ3) is 4.09. The van der Waals surface area contributed by atoms with E-state index in [1.165, 1.54) is 36.9 Å². The molecule has 0 atom stereocenters. The van der Waals surface area contributed by atoms with E-state index in [0.717, 1.165) is 55.6 Å². The van der Waals surface area contributed by atoms with Crippen LogP contribution in [0, 0.1) is 0 Å². The number of para-hydroxylation sites is 4. The highest BCUT2D eigenvalue weighted by molar-refractivity contribution is 7.26. The Morgan fingerprint density at radius 3 is 2.13 bits per heavy atom. The number of hydrogen-bond donors (Lipinski definition) is 0. The van der Waals surface area contributed by atoms with E-state index in [2.05, 4.69) is 150 Å². The maximum Gasteiger partial charge on any atom is 0.147 e. The van der Waals surface area contributed by atoms with Crippen molar-refractivity contribution in [1.82, 2.24) is 9.55 Å². The van der Waals surface area contributed by atoms with Crippen molar-refractivity contribution in [3.05, 3.63) is 158 Å². The van der Waals surface area contributed by atoms with Gasteiger partial charge in [-0.3, -0.25) is 4.57 Å². The van der Waals surface area contributed by atoms with Gasteiger partial charge in [0, 0.05) is 42.1 Å². The number of benzene rings is 7. The molecule has 0 radical (unpaired) electrons. The summed E-state index contributed by atoms with van der Waals surface area (Å²) in [5.74, 6) is 0.947. The molecule has 0 bridgehead atoms. The molecule has 7 aromatic carbocycles. The molecule has 0 amide bonds. The third-order valence-corrected chi connectivity index (χ3v) is 10.4. The van der Waals surface area contributed by atoms with E-state index < -0.39 is 0 Å². The first-order valence-corrected chi connectivity index (χ1v) is 16.6. The fourth-order valence-electron chi connectivity index (χ4n) is 7.04. The van der Waals surface area contributed by atoms with Crippen molar-refractivity contribution < 1.29 is 4.42 Å². The van der Waals surface area contributed by atoms with Gasteiger partial charge in [0.05, 0.1) is 16.7 Å². The van der Waals surface area contributed by atoms with Crippen LogP contribution in [0.2, 0.25) is 0 Å². The number of rotatable bonds is 4. The lowest BCUT2D eigenvalue weighted by Gasteiger charge is -2.15. The van der Waals surface area contributed by atoms with E-state index in [-0.39, 0.29) is 0 Å². The van der Waals surface area contributed by atoms with Crippen LogP contribution < -0.4 is 0 Å². The van der Waals surface area contributed by atoms with E-state index in [1.54, 1.807) is 0 Å². The molecule has 0 unspecified atom stereocenters. The number of furan rings is 1. The van der Waals surface area contributed by atoms with Crippen LogP contribution in [0.1, 0.15) is 0 Å². The SMILES string of the molecule is c1ccc(-c2ccccc2-n2c(-c3cccc4c3sc3cc(-c5ccc6c(c5)oc5ccccc56)ccc34)nc3ccccc32)cc1. The molecule has 0 spiro atoms. The predicted octanol–water partition coefficient (Wildman–Crippen LogP) is 12.3. The van der Waals surface area contributed by atoms with Crippen LogP contribution in [0.4, 0.5) is 0 Å². The fourth-order valence-corrected chi connectivity index (χ4v) is 8.29. The van der Waals surface area contributed by atoms with Crippen molar-refractivity contribution >= 4 is 64.5 Å². The van der Waals surface area contributed by atoms with Crippen molar-refractivity contribution in [3.8, 4) is 39.3 Å². The first kappa shape index (κ1) is 26.3. The van der Waals surface area contributed by atoms with Crippen molar-refractivity contribution in [2.45, 2.75) is 0 Å². The van der Waals surface area contributed by atoms with Gasteiger partial charge in [-0.05, 0) is 65.2 Å². The van der Waals surface area contributed by atoms with Crippen molar-refractivity contribution in [1.29, 1.82) is 0 Å². The van der Waals surface area contributed by atoms with E-state index in [4.69, 9.17) is 9.40 Å². The molecular formula is C43H26N2OS.